The highest BCUT2D eigenvalue weighted by atomic mass is 35.5. The first-order valence-electron chi connectivity index (χ1n) is 6.27. The molecule has 1 aromatic carbocycles. The molecule has 1 fully saturated rings. The molecule has 1 aromatic rings. The molecule has 0 heterocycles. The van der Waals surface area contributed by atoms with Gasteiger partial charge in [-0.25, -0.2) is 0 Å². The van der Waals surface area contributed by atoms with Crippen LogP contribution in [0.4, 0.5) is 5.69 Å². The Balaban J connectivity index is 2.26. The zero-order valence-corrected chi connectivity index (χ0v) is 11.8. The summed E-state index contributed by atoms with van der Waals surface area (Å²) in [5, 5.41) is 13.0. The molecule has 4 nitrogen and oxygen atoms in total. The van der Waals surface area contributed by atoms with E-state index in [0.717, 1.165) is 24.9 Å². The monoisotopic (exact) mass is 280 g/mol. The molecule has 2 rings (SSSR count). The van der Waals surface area contributed by atoms with Crippen molar-refractivity contribution in [3.05, 3.63) is 17.2 Å². The SMILES string of the molecule is COc1cc(NC2CCCC2C#N)c(OC)cc1Cl. The van der Waals surface area contributed by atoms with Crippen LogP contribution >= 0.6 is 11.6 Å². The Morgan fingerprint density at radius 2 is 2.00 bits per heavy atom. The summed E-state index contributed by atoms with van der Waals surface area (Å²) in [6, 6.07) is 6.04. The van der Waals surface area contributed by atoms with E-state index in [4.69, 9.17) is 26.3 Å². The van der Waals surface area contributed by atoms with Gasteiger partial charge in [-0.1, -0.05) is 11.6 Å². The summed E-state index contributed by atoms with van der Waals surface area (Å²) < 4.78 is 10.5. The van der Waals surface area contributed by atoms with Gasteiger partial charge in [0.1, 0.15) is 11.5 Å². The van der Waals surface area contributed by atoms with Gasteiger partial charge in [-0.2, -0.15) is 5.26 Å². The molecule has 0 aliphatic heterocycles. The van der Waals surface area contributed by atoms with Crippen molar-refractivity contribution in [3.8, 4) is 17.6 Å². The zero-order chi connectivity index (χ0) is 13.8. The minimum Gasteiger partial charge on any atom is -0.495 e. The normalized spacial score (nSPS) is 21.8. The maximum atomic E-state index is 9.12. The van der Waals surface area contributed by atoms with E-state index in [2.05, 4.69) is 11.4 Å². The number of rotatable bonds is 4. The van der Waals surface area contributed by atoms with Crippen LogP contribution in [0.25, 0.3) is 0 Å². The highest BCUT2D eigenvalue weighted by molar-refractivity contribution is 6.32. The van der Waals surface area contributed by atoms with Gasteiger partial charge in [0.15, 0.2) is 0 Å². The van der Waals surface area contributed by atoms with Crippen LogP contribution in [0.5, 0.6) is 11.5 Å². The molecule has 0 radical (unpaired) electrons. The topological polar surface area (TPSA) is 54.3 Å². The van der Waals surface area contributed by atoms with E-state index in [-0.39, 0.29) is 12.0 Å². The molecule has 1 aliphatic carbocycles. The molecule has 102 valence electrons. The van der Waals surface area contributed by atoms with Crippen molar-refractivity contribution < 1.29 is 9.47 Å². The Morgan fingerprint density at radius 1 is 1.26 bits per heavy atom. The van der Waals surface area contributed by atoms with Crippen LogP contribution in [0.2, 0.25) is 5.02 Å². The number of anilines is 1. The molecule has 2 atom stereocenters. The minimum absolute atomic E-state index is 0.0476. The summed E-state index contributed by atoms with van der Waals surface area (Å²) in [4.78, 5) is 0. The summed E-state index contributed by atoms with van der Waals surface area (Å²) in [6.45, 7) is 0. The maximum absolute atomic E-state index is 9.12. The number of hydrogen-bond donors (Lipinski definition) is 1. The highest BCUT2D eigenvalue weighted by Crippen LogP contribution is 2.38. The first-order valence-corrected chi connectivity index (χ1v) is 6.65. The largest absolute Gasteiger partial charge is 0.495 e. The summed E-state index contributed by atoms with van der Waals surface area (Å²) in [5.74, 6) is 1.30. The van der Waals surface area contributed by atoms with Gasteiger partial charge in [-0.05, 0) is 19.3 Å². The van der Waals surface area contributed by atoms with E-state index in [9.17, 15) is 0 Å². The number of nitrogens with one attached hydrogen (secondary N) is 1. The average molecular weight is 281 g/mol. The first-order chi connectivity index (χ1) is 9.19. The number of nitrogens with zero attached hydrogens (tertiary/aromatic N) is 1. The van der Waals surface area contributed by atoms with Crippen LogP contribution in [0.3, 0.4) is 0 Å². The number of hydrogen-bond acceptors (Lipinski definition) is 4. The first kappa shape index (κ1) is 13.8. The molecule has 0 bridgehead atoms. The van der Waals surface area contributed by atoms with Gasteiger partial charge in [0.05, 0.1) is 36.9 Å². The lowest BCUT2D eigenvalue weighted by molar-refractivity contribution is 0.404. The lowest BCUT2D eigenvalue weighted by Gasteiger charge is -2.20. The van der Waals surface area contributed by atoms with Gasteiger partial charge in [-0.3, -0.25) is 0 Å². The third-order valence-corrected chi connectivity index (χ3v) is 3.79. The number of nitriles is 1. The third kappa shape index (κ3) is 2.87. The average Bonchev–Trinajstić information content (AvgIpc) is 2.87. The summed E-state index contributed by atoms with van der Waals surface area (Å²) in [6.07, 6.45) is 3.01. The molecule has 0 amide bonds. The molecule has 1 saturated carbocycles. The van der Waals surface area contributed by atoms with Crippen LogP contribution < -0.4 is 14.8 Å². The number of benzene rings is 1. The van der Waals surface area contributed by atoms with E-state index in [1.165, 1.54) is 0 Å². The summed E-state index contributed by atoms with van der Waals surface area (Å²) in [5.41, 5.74) is 0.816. The Hall–Kier alpha value is -1.60. The molecule has 1 N–H and O–H groups in total. The molecule has 0 aromatic heterocycles. The number of ether oxygens (including phenoxy) is 2. The number of halogens is 1. The lowest BCUT2D eigenvalue weighted by Crippen LogP contribution is -2.23. The van der Waals surface area contributed by atoms with E-state index in [1.807, 2.05) is 6.07 Å². The van der Waals surface area contributed by atoms with Crippen molar-refractivity contribution in [2.75, 3.05) is 19.5 Å². The molecular weight excluding hydrogens is 264 g/mol. The minimum atomic E-state index is 0.0476. The Bertz CT molecular complexity index is 499. The predicted molar refractivity (Wildman–Crippen MR) is 74.9 cm³/mol. The van der Waals surface area contributed by atoms with Gasteiger partial charge in [-0.15, -0.1) is 0 Å². The van der Waals surface area contributed by atoms with Gasteiger partial charge in [0, 0.05) is 18.2 Å². The second-order valence-electron chi connectivity index (χ2n) is 4.60. The maximum Gasteiger partial charge on any atom is 0.143 e. The molecule has 19 heavy (non-hydrogen) atoms. The van der Waals surface area contributed by atoms with Gasteiger partial charge >= 0.3 is 0 Å². The van der Waals surface area contributed by atoms with E-state index in [1.54, 1.807) is 20.3 Å². The van der Waals surface area contributed by atoms with Crippen molar-refractivity contribution in [2.45, 2.75) is 25.3 Å². The Kier molecular flexibility index (Phi) is 4.39. The third-order valence-electron chi connectivity index (χ3n) is 3.50. The standard InChI is InChI=1S/C14H17ClN2O2/c1-18-13-7-12(14(19-2)6-10(13)15)17-11-5-3-4-9(11)8-16/h6-7,9,11,17H,3-5H2,1-2H3. The quantitative estimate of drug-likeness (QED) is 0.918. The Morgan fingerprint density at radius 3 is 2.63 bits per heavy atom. The fourth-order valence-electron chi connectivity index (χ4n) is 2.46. The van der Waals surface area contributed by atoms with Crippen LogP contribution in [0, 0.1) is 17.2 Å². The second-order valence-corrected chi connectivity index (χ2v) is 5.01. The van der Waals surface area contributed by atoms with Crippen LogP contribution in [0.15, 0.2) is 12.1 Å². The molecule has 1 aliphatic rings. The number of methoxy groups -OCH3 is 2. The van der Waals surface area contributed by atoms with Crippen LogP contribution in [-0.4, -0.2) is 20.3 Å². The fourth-order valence-corrected chi connectivity index (χ4v) is 2.69. The Labute approximate surface area is 118 Å². The van der Waals surface area contributed by atoms with Crippen LogP contribution in [0.1, 0.15) is 19.3 Å². The molecule has 0 spiro atoms. The highest BCUT2D eigenvalue weighted by Gasteiger charge is 2.27. The van der Waals surface area contributed by atoms with Crippen molar-refractivity contribution in [1.29, 1.82) is 5.26 Å². The zero-order valence-electron chi connectivity index (χ0n) is 11.1. The molecular formula is C14H17ClN2O2. The fraction of sp³-hybridized carbons (Fsp3) is 0.500. The smallest absolute Gasteiger partial charge is 0.143 e. The van der Waals surface area contributed by atoms with Crippen molar-refractivity contribution in [1.82, 2.24) is 0 Å². The van der Waals surface area contributed by atoms with E-state index in [0.29, 0.717) is 16.5 Å². The van der Waals surface area contributed by atoms with Gasteiger partial charge in [0.2, 0.25) is 0 Å². The van der Waals surface area contributed by atoms with E-state index >= 15 is 0 Å². The van der Waals surface area contributed by atoms with E-state index < -0.39 is 0 Å². The molecule has 0 saturated heterocycles. The second kappa shape index (κ2) is 6.03. The predicted octanol–water partition coefficient (Wildman–Crippen LogP) is 3.46. The molecule has 2 unspecified atom stereocenters. The lowest BCUT2D eigenvalue weighted by atomic mass is 10.1. The van der Waals surface area contributed by atoms with Crippen LogP contribution in [-0.2, 0) is 0 Å². The van der Waals surface area contributed by atoms with Gasteiger partial charge < -0.3 is 14.8 Å². The molecule has 5 heteroatoms. The van der Waals surface area contributed by atoms with Crippen molar-refractivity contribution >= 4 is 17.3 Å². The van der Waals surface area contributed by atoms with Gasteiger partial charge in [0.25, 0.3) is 0 Å². The summed E-state index contributed by atoms with van der Waals surface area (Å²) in [7, 11) is 3.17. The summed E-state index contributed by atoms with van der Waals surface area (Å²) >= 11 is 6.07. The van der Waals surface area contributed by atoms with Crippen molar-refractivity contribution in [2.24, 2.45) is 5.92 Å². The van der Waals surface area contributed by atoms with Crippen molar-refractivity contribution in [3.63, 3.8) is 0 Å².